The first kappa shape index (κ1) is 14.7. The number of carbonyl (C=O) groups excluding carboxylic acids is 2. The molecule has 18 heavy (non-hydrogen) atoms. The van der Waals surface area contributed by atoms with Crippen LogP contribution in [0.4, 0.5) is 0 Å². The van der Waals surface area contributed by atoms with E-state index >= 15 is 0 Å². The van der Waals surface area contributed by atoms with Gasteiger partial charge in [-0.2, -0.15) is 12.6 Å². The minimum Gasteiger partial charge on any atom is -0.320 e. The first-order valence-corrected chi connectivity index (χ1v) is 6.41. The van der Waals surface area contributed by atoms with Crippen molar-refractivity contribution in [2.45, 2.75) is 19.4 Å². The molecule has 0 radical (unpaired) electrons. The summed E-state index contributed by atoms with van der Waals surface area (Å²) < 4.78 is 0. The third kappa shape index (κ3) is 4.16. The third-order valence-corrected chi connectivity index (χ3v) is 2.79. The highest BCUT2D eigenvalue weighted by atomic mass is 32.1. The van der Waals surface area contributed by atoms with E-state index in [4.69, 9.17) is 5.73 Å². The van der Waals surface area contributed by atoms with Crippen LogP contribution in [0.5, 0.6) is 0 Å². The molecule has 0 aliphatic carbocycles. The summed E-state index contributed by atoms with van der Waals surface area (Å²) in [6, 6.07) is 8.80. The van der Waals surface area contributed by atoms with E-state index in [0.29, 0.717) is 18.7 Å². The van der Waals surface area contributed by atoms with Crippen LogP contribution in [0.15, 0.2) is 30.3 Å². The van der Waals surface area contributed by atoms with Crippen molar-refractivity contribution in [3.05, 3.63) is 35.9 Å². The summed E-state index contributed by atoms with van der Waals surface area (Å²) in [5, 5.41) is 0. The molecule has 2 N–H and O–H groups in total. The summed E-state index contributed by atoms with van der Waals surface area (Å²) >= 11 is 4.03. The summed E-state index contributed by atoms with van der Waals surface area (Å²) in [5.41, 5.74) is 6.83. The Bertz CT molecular complexity index is 409. The van der Waals surface area contributed by atoms with E-state index in [2.05, 4.69) is 12.6 Å². The zero-order valence-corrected chi connectivity index (χ0v) is 11.3. The van der Waals surface area contributed by atoms with E-state index < -0.39 is 6.04 Å². The normalized spacial score (nSPS) is 11.9. The maximum Gasteiger partial charge on any atom is 0.246 e. The number of thiol groups is 1. The van der Waals surface area contributed by atoms with Gasteiger partial charge in [0.2, 0.25) is 11.8 Å². The molecule has 0 saturated heterocycles. The lowest BCUT2D eigenvalue weighted by Crippen LogP contribution is -2.47. The molecule has 0 unspecified atom stereocenters. The highest BCUT2D eigenvalue weighted by Crippen LogP contribution is 2.05. The number of imide groups is 1. The monoisotopic (exact) mass is 266 g/mol. The van der Waals surface area contributed by atoms with Gasteiger partial charge in [-0.3, -0.25) is 14.5 Å². The van der Waals surface area contributed by atoms with Gasteiger partial charge in [0.15, 0.2) is 0 Å². The smallest absolute Gasteiger partial charge is 0.246 e. The first-order valence-electron chi connectivity index (χ1n) is 5.78. The Morgan fingerprint density at radius 1 is 1.33 bits per heavy atom. The Kier molecular flexibility index (Phi) is 5.88. The zero-order chi connectivity index (χ0) is 13.5. The van der Waals surface area contributed by atoms with Gasteiger partial charge < -0.3 is 5.73 Å². The lowest BCUT2D eigenvalue weighted by Gasteiger charge is -2.22. The third-order valence-electron chi connectivity index (χ3n) is 2.59. The van der Waals surface area contributed by atoms with Crippen molar-refractivity contribution < 1.29 is 9.59 Å². The number of hydrogen-bond donors (Lipinski definition) is 2. The fourth-order valence-electron chi connectivity index (χ4n) is 1.68. The Morgan fingerprint density at radius 2 is 1.94 bits per heavy atom. The molecule has 0 spiro atoms. The van der Waals surface area contributed by atoms with Crippen molar-refractivity contribution in [1.29, 1.82) is 0 Å². The average molecular weight is 266 g/mol. The number of carbonyl (C=O) groups is 2. The van der Waals surface area contributed by atoms with Crippen molar-refractivity contribution >= 4 is 24.4 Å². The van der Waals surface area contributed by atoms with Gasteiger partial charge in [0, 0.05) is 19.2 Å². The summed E-state index contributed by atoms with van der Waals surface area (Å²) in [5.74, 6) is -0.207. The number of hydrogen-bond acceptors (Lipinski definition) is 4. The highest BCUT2D eigenvalue weighted by molar-refractivity contribution is 7.80. The number of rotatable bonds is 5. The van der Waals surface area contributed by atoms with Crippen LogP contribution in [0.2, 0.25) is 0 Å². The minimum atomic E-state index is -0.698. The molecule has 0 bridgehead atoms. The fraction of sp³-hybridized carbons (Fsp3) is 0.385. The minimum absolute atomic E-state index is 0.291. The predicted octanol–water partition coefficient (Wildman–Crippen LogP) is 0.861. The van der Waals surface area contributed by atoms with E-state index in [0.717, 1.165) is 10.5 Å². The van der Waals surface area contributed by atoms with Gasteiger partial charge in [-0.1, -0.05) is 30.3 Å². The average Bonchev–Trinajstić information content (AvgIpc) is 2.36. The van der Waals surface area contributed by atoms with Gasteiger partial charge in [-0.25, -0.2) is 0 Å². The molecular weight excluding hydrogens is 248 g/mol. The summed E-state index contributed by atoms with van der Waals surface area (Å²) in [6.45, 7) is 1.65. The van der Waals surface area contributed by atoms with Gasteiger partial charge >= 0.3 is 0 Å². The summed E-state index contributed by atoms with van der Waals surface area (Å²) in [7, 11) is 0. The van der Waals surface area contributed by atoms with Crippen molar-refractivity contribution in [1.82, 2.24) is 4.90 Å². The van der Waals surface area contributed by atoms with E-state index in [1.807, 2.05) is 30.3 Å². The number of nitrogens with two attached hydrogens (primary N) is 1. The lowest BCUT2D eigenvalue weighted by atomic mass is 10.1. The van der Waals surface area contributed by atoms with Gasteiger partial charge in [0.1, 0.15) is 0 Å². The number of nitrogens with zero attached hydrogens (tertiary/aromatic N) is 1. The Labute approximate surface area is 113 Å². The molecule has 0 aliphatic rings. The second-order valence-electron chi connectivity index (χ2n) is 4.03. The van der Waals surface area contributed by atoms with E-state index in [9.17, 15) is 9.59 Å². The zero-order valence-electron chi connectivity index (χ0n) is 10.4. The van der Waals surface area contributed by atoms with Crippen molar-refractivity contribution in [2.24, 2.45) is 5.73 Å². The molecule has 4 nitrogen and oxygen atoms in total. The van der Waals surface area contributed by atoms with Gasteiger partial charge in [-0.15, -0.1) is 0 Å². The molecule has 98 valence electrons. The van der Waals surface area contributed by atoms with Crippen LogP contribution in [-0.4, -0.2) is 35.1 Å². The molecule has 5 heteroatoms. The fourth-order valence-corrected chi connectivity index (χ4v) is 1.88. The second kappa shape index (κ2) is 7.18. The van der Waals surface area contributed by atoms with Crippen molar-refractivity contribution in [3.63, 3.8) is 0 Å². The summed E-state index contributed by atoms with van der Waals surface area (Å²) in [4.78, 5) is 24.5. The second-order valence-corrected chi connectivity index (χ2v) is 4.48. The van der Waals surface area contributed by atoms with Crippen LogP contribution in [0.3, 0.4) is 0 Å². The van der Waals surface area contributed by atoms with Gasteiger partial charge in [0.25, 0.3) is 0 Å². The van der Waals surface area contributed by atoms with Crippen molar-refractivity contribution in [2.75, 3.05) is 12.3 Å². The lowest BCUT2D eigenvalue weighted by molar-refractivity contribution is -0.144. The quantitative estimate of drug-likeness (QED) is 0.777. The van der Waals surface area contributed by atoms with Crippen molar-refractivity contribution in [3.8, 4) is 0 Å². The van der Waals surface area contributed by atoms with Crippen LogP contribution in [0, 0.1) is 0 Å². The van der Waals surface area contributed by atoms with Crippen LogP contribution >= 0.6 is 12.6 Å². The first-order chi connectivity index (χ1) is 8.56. The predicted molar refractivity (Wildman–Crippen MR) is 74.4 cm³/mol. The van der Waals surface area contributed by atoms with Gasteiger partial charge in [0.05, 0.1) is 6.04 Å². The van der Waals surface area contributed by atoms with E-state index in [1.54, 1.807) is 0 Å². The highest BCUT2D eigenvalue weighted by Gasteiger charge is 2.23. The standard InChI is InChI=1S/C13H18N2O2S/c1-10(16)15(7-8-18)13(17)12(14)9-11-5-3-2-4-6-11/h2-6,12,18H,7-9,14H2,1H3/t12-/m0/s1. The van der Waals surface area contributed by atoms with Crippen LogP contribution in [-0.2, 0) is 16.0 Å². The molecule has 1 aromatic rings. The molecular formula is C13H18N2O2S. The molecule has 1 aromatic carbocycles. The molecule has 0 saturated carbocycles. The summed E-state index contributed by atoms with van der Waals surface area (Å²) in [6.07, 6.45) is 0.427. The topological polar surface area (TPSA) is 63.4 Å². The van der Waals surface area contributed by atoms with Crippen LogP contribution in [0.25, 0.3) is 0 Å². The number of benzene rings is 1. The number of amides is 2. The Morgan fingerprint density at radius 3 is 2.44 bits per heavy atom. The molecule has 2 amide bonds. The van der Waals surface area contributed by atoms with E-state index in [-0.39, 0.29) is 11.8 Å². The SMILES string of the molecule is CC(=O)N(CCS)C(=O)[C@@H](N)Cc1ccccc1. The Hall–Kier alpha value is -1.33. The molecule has 0 fully saturated rings. The largest absolute Gasteiger partial charge is 0.320 e. The maximum atomic E-state index is 12.0. The molecule has 1 atom stereocenters. The van der Waals surface area contributed by atoms with Crippen LogP contribution < -0.4 is 5.73 Å². The maximum absolute atomic E-state index is 12.0. The molecule has 1 rings (SSSR count). The molecule has 0 aliphatic heterocycles. The van der Waals surface area contributed by atoms with Crippen LogP contribution in [0.1, 0.15) is 12.5 Å². The van der Waals surface area contributed by atoms with Gasteiger partial charge in [-0.05, 0) is 12.0 Å². The van der Waals surface area contributed by atoms with E-state index in [1.165, 1.54) is 6.92 Å². The Balaban J connectivity index is 2.67. The molecule has 0 heterocycles. The molecule has 0 aromatic heterocycles.